The average Bonchev–Trinajstić information content (AvgIpc) is 2.71. The fraction of sp³-hybridized carbons (Fsp3) is 0. The fourth-order valence-corrected chi connectivity index (χ4v) is 2.55. The molecule has 0 bridgehead atoms. The van der Waals surface area contributed by atoms with Gasteiger partial charge in [-0.25, -0.2) is 14.4 Å². The van der Waals surface area contributed by atoms with Crippen molar-refractivity contribution in [2.45, 2.75) is 0 Å². The number of rotatable bonds is 1. The molecule has 0 spiro atoms. The average molecular weight is 371 g/mol. The van der Waals surface area contributed by atoms with Gasteiger partial charge in [0.15, 0.2) is 5.65 Å². The van der Waals surface area contributed by atoms with Crippen molar-refractivity contribution in [1.29, 1.82) is 0 Å². The molecule has 1 N–H and O–H groups in total. The zero-order chi connectivity index (χ0) is 12.7. The first-order chi connectivity index (χ1) is 8.63. The molecule has 18 heavy (non-hydrogen) atoms. The molecule has 0 aliphatic rings. The molecule has 2 heterocycles. The quantitative estimate of drug-likeness (QED) is 0.694. The van der Waals surface area contributed by atoms with Crippen LogP contribution in [0.5, 0.6) is 0 Å². The van der Waals surface area contributed by atoms with Crippen LogP contribution in [0.4, 0.5) is 4.39 Å². The van der Waals surface area contributed by atoms with Crippen LogP contribution in [0.2, 0.25) is 0 Å². The molecular formula is C12H6Br2FN3. The summed E-state index contributed by atoms with van der Waals surface area (Å²) in [5.41, 5.74) is 2.26. The second-order valence-corrected chi connectivity index (χ2v) is 5.50. The van der Waals surface area contributed by atoms with Gasteiger partial charge in [0.2, 0.25) is 0 Å². The van der Waals surface area contributed by atoms with Gasteiger partial charge in [-0.2, -0.15) is 0 Å². The molecular weight excluding hydrogens is 365 g/mol. The second kappa shape index (κ2) is 4.44. The Bertz CT molecular complexity index is 739. The molecule has 3 aromatic rings. The highest BCUT2D eigenvalue weighted by atomic mass is 79.9. The summed E-state index contributed by atoms with van der Waals surface area (Å²) >= 11 is 6.68. The van der Waals surface area contributed by atoms with Gasteiger partial charge in [0.05, 0.1) is 5.52 Å². The van der Waals surface area contributed by atoms with Crippen LogP contribution in [0, 0.1) is 5.82 Å². The highest BCUT2D eigenvalue weighted by molar-refractivity contribution is 9.10. The third-order valence-electron chi connectivity index (χ3n) is 2.49. The maximum absolute atomic E-state index is 13.0. The summed E-state index contributed by atoms with van der Waals surface area (Å²) in [5.74, 6) is 0.366. The number of nitrogens with one attached hydrogen (secondary N) is 1. The molecule has 0 unspecified atom stereocenters. The van der Waals surface area contributed by atoms with E-state index >= 15 is 0 Å². The highest BCUT2D eigenvalue weighted by Crippen LogP contribution is 2.28. The van der Waals surface area contributed by atoms with Gasteiger partial charge < -0.3 is 4.98 Å². The van der Waals surface area contributed by atoms with E-state index in [2.05, 4.69) is 46.8 Å². The number of H-pyrrole nitrogens is 1. The summed E-state index contributed by atoms with van der Waals surface area (Å²) in [5, 5.41) is 0. The molecule has 3 nitrogen and oxygen atoms in total. The van der Waals surface area contributed by atoms with Crippen LogP contribution in [0.25, 0.3) is 22.6 Å². The lowest BCUT2D eigenvalue weighted by molar-refractivity contribution is 0.627. The van der Waals surface area contributed by atoms with E-state index in [9.17, 15) is 4.39 Å². The lowest BCUT2D eigenvalue weighted by Crippen LogP contribution is -1.84. The van der Waals surface area contributed by atoms with Crippen molar-refractivity contribution in [2.75, 3.05) is 0 Å². The van der Waals surface area contributed by atoms with Crippen molar-refractivity contribution < 1.29 is 4.39 Å². The van der Waals surface area contributed by atoms with Crippen LogP contribution in [-0.2, 0) is 0 Å². The van der Waals surface area contributed by atoms with E-state index < -0.39 is 0 Å². The molecule has 6 heteroatoms. The first-order valence-electron chi connectivity index (χ1n) is 5.10. The minimum absolute atomic E-state index is 0.289. The number of benzene rings is 1. The van der Waals surface area contributed by atoms with E-state index in [1.54, 1.807) is 12.3 Å². The van der Waals surface area contributed by atoms with E-state index in [0.717, 1.165) is 15.6 Å². The van der Waals surface area contributed by atoms with E-state index in [-0.39, 0.29) is 5.82 Å². The van der Waals surface area contributed by atoms with Gasteiger partial charge >= 0.3 is 0 Å². The lowest BCUT2D eigenvalue weighted by atomic mass is 10.2. The Morgan fingerprint density at radius 2 is 2.00 bits per heavy atom. The van der Waals surface area contributed by atoms with E-state index in [1.165, 1.54) is 12.1 Å². The van der Waals surface area contributed by atoms with Gasteiger partial charge in [0.1, 0.15) is 11.6 Å². The zero-order valence-electron chi connectivity index (χ0n) is 8.92. The predicted octanol–water partition coefficient (Wildman–Crippen LogP) is 4.29. The highest BCUT2D eigenvalue weighted by Gasteiger charge is 2.10. The molecule has 0 saturated heterocycles. The van der Waals surface area contributed by atoms with Crippen molar-refractivity contribution in [2.24, 2.45) is 0 Å². The Morgan fingerprint density at radius 1 is 1.17 bits per heavy atom. The number of aromatic amines is 1. The summed E-state index contributed by atoms with van der Waals surface area (Å²) in [6, 6.07) is 6.38. The van der Waals surface area contributed by atoms with Gasteiger partial charge in [-0.15, -0.1) is 0 Å². The molecule has 0 aliphatic heterocycles. The second-order valence-electron chi connectivity index (χ2n) is 3.73. The standard InChI is InChI=1S/C12H6Br2FN3/c13-6-3-10-12(16-5-6)18-11(17-10)8-2-1-7(15)4-9(8)14/h1-5H,(H,16,17,18). The number of nitrogens with zero attached hydrogens (tertiary/aromatic N) is 2. The Kier molecular flexibility index (Phi) is 2.91. The smallest absolute Gasteiger partial charge is 0.178 e. The maximum Gasteiger partial charge on any atom is 0.178 e. The fourth-order valence-electron chi connectivity index (χ4n) is 1.68. The number of hydrogen-bond donors (Lipinski definition) is 1. The Hall–Kier alpha value is -1.27. The molecule has 0 aliphatic carbocycles. The summed E-state index contributed by atoms with van der Waals surface area (Å²) in [4.78, 5) is 11.7. The van der Waals surface area contributed by atoms with Crippen molar-refractivity contribution in [1.82, 2.24) is 15.0 Å². The number of imidazole rings is 1. The van der Waals surface area contributed by atoms with Crippen LogP contribution < -0.4 is 0 Å². The van der Waals surface area contributed by atoms with Gasteiger partial charge in [-0.3, -0.25) is 0 Å². The normalized spacial score (nSPS) is 11.1. The molecule has 0 saturated carbocycles. The van der Waals surface area contributed by atoms with Crippen LogP contribution in [0.15, 0.2) is 39.4 Å². The molecule has 0 radical (unpaired) electrons. The number of aromatic nitrogens is 3. The molecule has 0 amide bonds. The van der Waals surface area contributed by atoms with Crippen LogP contribution >= 0.6 is 31.9 Å². The van der Waals surface area contributed by atoms with Gasteiger partial charge in [0.25, 0.3) is 0 Å². The number of fused-ring (bicyclic) bond motifs is 1. The topological polar surface area (TPSA) is 41.6 Å². The van der Waals surface area contributed by atoms with Crippen LogP contribution in [0.1, 0.15) is 0 Å². The molecule has 3 rings (SSSR count). The molecule has 1 aromatic carbocycles. The monoisotopic (exact) mass is 369 g/mol. The Morgan fingerprint density at radius 3 is 2.78 bits per heavy atom. The SMILES string of the molecule is Fc1ccc(-c2nc3ncc(Br)cc3[nH]2)c(Br)c1. The number of hydrogen-bond acceptors (Lipinski definition) is 2. The lowest BCUT2D eigenvalue weighted by Gasteiger charge is -1.99. The van der Waals surface area contributed by atoms with E-state index in [0.29, 0.717) is 15.9 Å². The molecule has 0 fully saturated rings. The van der Waals surface area contributed by atoms with Crippen molar-refractivity contribution >= 4 is 43.0 Å². The summed E-state index contributed by atoms with van der Waals surface area (Å²) in [7, 11) is 0. The van der Waals surface area contributed by atoms with Crippen molar-refractivity contribution in [3.63, 3.8) is 0 Å². The third-order valence-corrected chi connectivity index (χ3v) is 3.58. The molecule has 90 valence electrons. The molecule has 0 atom stereocenters. The minimum Gasteiger partial charge on any atom is -0.337 e. The number of pyridine rings is 1. The largest absolute Gasteiger partial charge is 0.337 e. The summed E-state index contributed by atoms with van der Waals surface area (Å²) < 4.78 is 14.6. The van der Waals surface area contributed by atoms with Gasteiger partial charge in [0, 0.05) is 20.7 Å². The Balaban J connectivity index is 2.19. The molecule has 2 aromatic heterocycles. The summed E-state index contributed by atoms with van der Waals surface area (Å²) in [6.07, 6.45) is 1.69. The van der Waals surface area contributed by atoms with E-state index in [1.807, 2.05) is 6.07 Å². The van der Waals surface area contributed by atoms with Gasteiger partial charge in [-0.05, 0) is 56.1 Å². The van der Waals surface area contributed by atoms with Crippen molar-refractivity contribution in [3.8, 4) is 11.4 Å². The minimum atomic E-state index is -0.289. The van der Waals surface area contributed by atoms with Crippen LogP contribution in [-0.4, -0.2) is 15.0 Å². The first-order valence-corrected chi connectivity index (χ1v) is 6.69. The summed E-state index contributed by atoms with van der Waals surface area (Å²) in [6.45, 7) is 0. The predicted molar refractivity (Wildman–Crippen MR) is 74.7 cm³/mol. The van der Waals surface area contributed by atoms with Gasteiger partial charge in [-0.1, -0.05) is 0 Å². The van der Waals surface area contributed by atoms with E-state index in [4.69, 9.17) is 0 Å². The first kappa shape index (κ1) is 11.8. The zero-order valence-corrected chi connectivity index (χ0v) is 12.1. The third kappa shape index (κ3) is 2.06. The Labute approximate surface area is 119 Å². The van der Waals surface area contributed by atoms with Crippen molar-refractivity contribution in [3.05, 3.63) is 45.2 Å². The maximum atomic E-state index is 13.0. The number of halogens is 3. The van der Waals surface area contributed by atoms with Crippen LogP contribution in [0.3, 0.4) is 0 Å².